The van der Waals surface area contributed by atoms with Gasteiger partial charge in [-0.15, -0.1) is 0 Å². The zero-order chi connectivity index (χ0) is 9.26. The van der Waals surface area contributed by atoms with Crippen LogP contribution in [0.25, 0.3) is 0 Å². The van der Waals surface area contributed by atoms with Crippen molar-refractivity contribution in [3.05, 3.63) is 24.3 Å². The SMILES string of the molecule is Oc1ccccc1N1CCC(Br)=N1. The molecule has 0 spiro atoms. The second kappa shape index (κ2) is 3.38. The fourth-order valence-electron chi connectivity index (χ4n) is 1.29. The topological polar surface area (TPSA) is 35.8 Å². The van der Waals surface area contributed by atoms with Crippen LogP contribution in [0.1, 0.15) is 6.42 Å². The predicted molar refractivity (Wildman–Crippen MR) is 56.4 cm³/mol. The highest BCUT2D eigenvalue weighted by atomic mass is 79.9. The maximum Gasteiger partial charge on any atom is 0.140 e. The minimum absolute atomic E-state index is 0.272. The number of aromatic hydroxyl groups is 1. The molecule has 1 aliphatic rings. The fourth-order valence-corrected chi connectivity index (χ4v) is 1.65. The molecule has 0 atom stereocenters. The summed E-state index contributed by atoms with van der Waals surface area (Å²) in [6, 6.07) is 7.20. The average molecular weight is 241 g/mol. The zero-order valence-corrected chi connectivity index (χ0v) is 8.53. The molecule has 3 nitrogen and oxygen atoms in total. The number of nitrogens with zero attached hydrogens (tertiary/aromatic N) is 2. The van der Waals surface area contributed by atoms with Gasteiger partial charge in [0.15, 0.2) is 0 Å². The van der Waals surface area contributed by atoms with E-state index in [2.05, 4.69) is 21.0 Å². The Bertz CT molecular complexity index is 351. The number of phenolic OH excluding ortho intramolecular Hbond substituents is 1. The lowest BCUT2D eigenvalue weighted by Gasteiger charge is -2.14. The van der Waals surface area contributed by atoms with Gasteiger partial charge in [0.25, 0.3) is 0 Å². The highest BCUT2D eigenvalue weighted by molar-refractivity contribution is 9.18. The molecule has 0 aromatic heterocycles. The molecule has 0 bridgehead atoms. The molecule has 1 aromatic carbocycles. The van der Waals surface area contributed by atoms with Crippen molar-refractivity contribution in [2.24, 2.45) is 5.10 Å². The fraction of sp³-hybridized carbons (Fsp3) is 0.222. The first-order valence-electron chi connectivity index (χ1n) is 4.06. The number of hydrogen-bond donors (Lipinski definition) is 1. The third-order valence-corrected chi connectivity index (χ3v) is 2.47. The van der Waals surface area contributed by atoms with Gasteiger partial charge in [-0.25, -0.2) is 0 Å². The summed E-state index contributed by atoms with van der Waals surface area (Å²) in [7, 11) is 0. The lowest BCUT2D eigenvalue weighted by molar-refractivity contribution is 0.474. The van der Waals surface area contributed by atoms with E-state index in [1.54, 1.807) is 17.1 Å². The number of benzene rings is 1. The lowest BCUT2D eigenvalue weighted by atomic mass is 10.3. The van der Waals surface area contributed by atoms with Crippen molar-refractivity contribution in [1.29, 1.82) is 0 Å². The highest BCUT2D eigenvalue weighted by Gasteiger charge is 2.15. The molecule has 1 aliphatic heterocycles. The van der Waals surface area contributed by atoms with E-state index in [-0.39, 0.29) is 5.75 Å². The van der Waals surface area contributed by atoms with Gasteiger partial charge in [0, 0.05) is 13.0 Å². The number of hydrazone groups is 1. The van der Waals surface area contributed by atoms with Crippen LogP contribution in [0.4, 0.5) is 5.69 Å². The molecule has 0 aliphatic carbocycles. The van der Waals surface area contributed by atoms with Gasteiger partial charge in [-0.3, -0.25) is 5.01 Å². The third kappa shape index (κ3) is 1.67. The minimum Gasteiger partial charge on any atom is -0.506 e. The Hall–Kier alpha value is -1.03. The summed E-state index contributed by atoms with van der Waals surface area (Å²) in [5.41, 5.74) is 0.761. The van der Waals surface area contributed by atoms with Gasteiger partial charge < -0.3 is 5.11 Å². The molecule has 0 saturated carbocycles. The molecule has 1 aromatic rings. The van der Waals surface area contributed by atoms with Crippen molar-refractivity contribution >= 4 is 26.2 Å². The second-order valence-corrected chi connectivity index (χ2v) is 3.75. The molecule has 0 unspecified atom stereocenters. The third-order valence-electron chi connectivity index (χ3n) is 1.92. The first kappa shape index (κ1) is 8.56. The summed E-state index contributed by atoms with van der Waals surface area (Å²) in [5.74, 6) is 0.272. The molecule has 13 heavy (non-hydrogen) atoms. The van der Waals surface area contributed by atoms with Crippen LogP contribution in [0.2, 0.25) is 0 Å². The summed E-state index contributed by atoms with van der Waals surface area (Å²) in [5, 5.41) is 15.5. The Morgan fingerprint density at radius 2 is 2.15 bits per heavy atom. The number of anilines is 1. The number of hydrogen-bond acceptors (Lipinski definition) is 3. The molecule has 1 heterocycles. The largest absolute Gasteiger partial charge is 0.506 e. The van der Waals surface area contributed by atoms with Crippen LogP contribution >= 0.6 is 15.9 Å². The normalized spacial score (nSPS) is 16.1. The van der Waals surface area contributed by atoms with Crippen molar-refractivity contribution in [1.82, 2.24) is 0 Å². The van der Waals surface area contributed by atoms with E-state index in [9.17, 15) is 5.11 Å². The first-order chi connectivity index (χ1) is 6.27. The summed E-state index contributed by atoms with van der Waals surface area (Å²) in [6.07, 6.45) is 0.897. The van der Waals surface area contributed by atoms with E-state index in [1.807, 2.05) is 12.1 Å². The number of rotatable bonds is 1. The van der Waals surface area contributed by atoms with Crippen LogP contribution in [-0.2, 0) is 0 Å². The van der Waals surface area contributed by atoms with Crippen molar-refractivity contribution in [3.63, 3.8) is 0 Å². The monoisotopic (exact) mass is 240 g/mol. The standard InChI is InChI=1S/C9H9BrN2O/c10-9-5-6-12(11-9)7-3-1-2-4-8(7)13/h1-4,13H,5-6H2. The van der Waals surface area contributed by atoms with Gasteiger partial charge in [-0.2, -0.15) is 5.10 Å². The summed E-state index contributed by atoms with van der Waals surface area (Å²) in [4.78, 5) is 0. The molecule has 0 amide bonds. The number of phenols is 1. The zero-order valence-electron chi connectivity index (χ0n) is 6.94. The number of halogens is 1. The van der Waals surface area contributed by atoms with Crippen molar-refractivity contribution in [2.75, 3.05) is 11.6 Å². The minimum atomic E-state index is 0.272. The van der Waals surface area contributed by atoms with Gasteiger partial charge in [0.05, 0.1) is 0 Å². The molecule has 68 valence electrons. The van der Waals surface area contributed by atoms with Gasteiger partial charge in [0.2, 0.25) is 0 Å². The van der Waals surface area contributed by atoms with Crippen molar-refractivity contribution in [2.45, 2.75) is 6.42 Å². The van der Waals surface area contributed by atoms with Crippen LogP contribution in [-0.4, -0.2) is 16.3 Å². The molecule has 1 N–H and O–H groups in total. The first-order valence-corrected chi connectivity index (χ1v) is 4.85. The molecular formula is C9H9BrN2O. The summed E-state index contributed by atoms with van der Waals surface area (Å²) < 4.78 is 0.927. The van der Waals surface area contributed by atoms with Crippen LogP contribution in [0.3, 0.4) is 0 Å². The van der Waals surface area contributed by atoms with Crippen LogP contribution in [0.15, 0.2) is 29.4 Å². The Kier molecular flexibility index (Phi) is 2.22. The second-order valence-electron chi connectivity index (χ2n) is 2.84. The Balaban J connectivity index is 2.31. The van der Waals surface area contributed by atoms with Gasteiger partial charge in [0.1, 0.15) is 16.1 Å². The molecular weight excluding hydrogens is 232 g/mol. The molecule has 0 radical (unpaired) electrons. The van der Waals surface area contributed by atoms with Gasteiger partial charge in [-0.05, 0) is 28.1 Å². The van der Waals surface area contributed by atoms with E-state index < -0.39 is 0 Å². The average Bonchev–Trinajstić information content (AvgIpc) is 2.53. The van der Waals surface area contributed by atoms with Gasteiger partial charge in [-0.1, -0.05) is 12.1 Å². The van der Waals surface area contributed by atoms with Crippen LogP contribution in [0, 0.1) is 0 Å². The van der Waals surface area contributed by atoms with Crippen molar-refractivity contribution < 1.29 is 5.11 Å². The predicted octanol–water partition coefficient (Wildman–Crippen LogP) is 2.31. The van der Waals surface area contributed by atoms with Crippen LogP contribution < -0.4 is 5.01 Å². The van der Waals surface area contributed by atoms with E-state index >= 15 is 0 Å². The Labute approximate surface area is 84.8 Å². The highest BCUT2D eigenvalue weighted by Crippen LogP contribution is 2.29. The molecule has 0 fully saturated rings. The molecule has 2 rings (SSSR count). The summed E-state index contributed by atoms with van der Waals surface area (Å²) >= 11 is 3.33. The maximum absolute atomic E-state index is 9.53. The Morgan fingerprint density at radius 3 is 2.77 bits per heavy atom. The quantitative estimate of drug-likeness (QED) is 0.818. The van der Waals surface area contributed by atoms with Gasteiger partial charge >= 0.3 is 0 Å². The molecule has 0 saturated heterocycles. The van der Waals surface area contributed by atoms with Crippen LogP contribution in [0.5, 0.6) is 5.75 Å². The smallest absolute Gasteiger partial charge is 0.140 e. The molecule has 4 heteroatoms. The summed E-state index contributed by atoms with van der Waals surface area (Å²) in [6.45, 7) is 0.818. The van der Waals surface area contributed by atoms with E-state index in [1.165, 1.54) is 0 Å². The lowest BCUT2D eigenvalue weighted by Crippen LogP contribution is -2.11. The van der Waals surface area contributed by atoms with Crippen molar-refractivity contribution in [3.8, 4) is 5.75 Å². The Morgan fingerprint density at radius 1 is 1.38 bits per heavy atom. The van der Waals surface area contributed by atoms with E-state index in [4.69, 9.17) is 0 Å². The van der Waals surface area contributed by atoms with E-state index in [0.29, 0.717) is 0 Å². The number of para-hydroxylation sites is 2. The maximum atomic E-state index is 9.53. The van der Waals surface area contributed by atoms with E-state index in [0.717, 1.165) is 23.3 Å².